The Morgan fingerprint density at radius 1 is 1.50 bits per heavy atom. The van der Waals surface area contributed by atoms with Gasteiger partial charge in [-0.25, -0.2) is 10.1 Å². The van der Waals surface area contributed by atoms with Crippen molar-refractivity contribution in [2.75, 3.05) is 0 Å². The first-order valence-electron chi connectivity index (χ1n) is 3.35. The van der Waals surface area contributed by atoms with E-state index in [0.717, 1.165) is 0 Å². The maximum absolute atomic E-state index is 9.90. The molecule has 5 heteroatoms. The predicted octanol–water partition coefficient (Wildman–Crippen LogP) is 0.673. The number of hydrazine groups is 1. The van der Waals surface area contributed by atoms with E-state index in [1.54, 1.807) is 18.2 Å². The third-order valence-corrected chi connectivity index (χ3v) is 1.39. The Hall–Kier alpha value is -1.78. The van der Waals surface area contributed by atoms with Crippen LogP contribution in [0.4, 0.5) is 0 Å². The summed E-state index contributed by atoms with van der Waals surface area (Å²) in [6.07, 6.45) is 0. The summed E-state index contributed by atoms with van der Waals surface area (Å²) in [6.45, 7) is 0.0275. The third-order valence-electron chi connectivity index (χ3n) is 1.39. The van der Waals surface area contributed by atoms with Crippen molar-refractivity contribution in [3.8, 4) is 5.75 Å². The van der Waals surface area contributed by atoms with Crippen LogP contribution in [-0.2, 0) is 6.54 Å². The number of benzene rings is 1. The minimum atomic E-state index is -0.646. The first-order chi connectivity index (χ1) is 5.70. The van der Waals surface area contributed by atoms with Crippen LogP contribution in [0, 0.1) is 10.1 Å². The summed E-state index contributed by atoms with van der Waals surface area (Å²) >= 11 is 0. The number of phenols is 1. The second-order valence-electron chi connectivity index (χ2n) is 2.22. The van der Waals surface area contributed by atoms with Crippen LogP contribution in [0.5, 0.6) is 5.75 Å². The van der Waals surface area contributed by atoms with Gasteiger partial charge in [0.2, 0.25) is 0 Å². The van der Waals surface area contributed by atoms with Gasteiger partial charge in [-0.2, -0.15) is 0 Å². The lowest BCUT2D eigenvalue weighted by Crippen LogP contribution is -2.20. The van der Waals surface area contributed by atoms with Crippen molar-refractivity contribution in [3.05, 3.63) is 39.9 Å². The highest BCUT2D eigenvalue weighted by Gasteiger charge is 2.01. The van der Waals surface area contributed by atoms with Gasteiger partial charge in [0.25, 0.3) is 0 Å². The Morgan fingerprint density at radius 2 is 2.17 bits per heavy atom. The number of hydrogen-bond donors (Lipinski definition) is 2. The molecule has 0 aliphatic heterocycles. The van der Waals surface area contributed by atoms with Gasteiger partial charge in [0.05, 0.1) is 0 Å². The first kappa shape index (κ1) is 8.32. The Morgan fingerprint density at radius 3 is 2.75 bits per heavy atom. The largest absolute Gasteiger partial charge is 0.508 e. The number of nitro groups is 1. The molecule has 0 saturated heterocycles. The van der Waals surface area contributed by atoms with Crippen LogP contribution in [0.15, 0.2) is 24.3 Å². The number of rotatable bonds is 3. The standard InChI is InChI=1S/C7H8N2O3/c10-7-4-2-1-3-6(7)5-8-9(11)12/h1-4,8,10H,5H2. The quantitative estimate of drug-likeness (QED) is 0.513. The summed E-state index contributed by atoms with van der Waals surface area (Å²) in [5, 5.41) is 18.4. The van der Waals surface area contributed by atoms with Gasteiger partial charge in [-0.05, 0) is 6.07 Å². The Balaban J connectivity index is 2.63. The van der Waals surface area contributed by atoms with Crippen molar-refractivity contribution in [1.82, 2.24) is 5.43 Å². The zero-order valence-corrected chi connectivity index (χ0v) is 6.23. The molecule has 0 aliphatic carbocycles. The molecule has 0 heterocycles. The number of nitrogens with one attached hydrogen (secondary N) is 1. The number of phenolic OH excluding ortho intramolecular Hbond substituents is 1. The number of nitrogens with zero attached hydrogens (tertiary/aromatic N) is 1. The van der Waals surface area contributed by atoms with Gasteiger partial charge in [0.15, 0.2) is 5.03 Å². The van der Waals surface area contributed by atoms with E-state index in [9.17, 15) is 10.1 Å². The molecule has 64 valence electrons. The summed E-state index contributed by atoms with van der Waals surface area (Å²) in [5.74, 6) is 0.0619. The van der Waals surface area contributed by atoms with Gasteiger partial charge in [0.1, 0.15) is 12.3 Å². The fraction of sp³-hybridized carbons (Fsp3) is 0.143. The molecule has 0 aliphatic rings. The van der Waals surface area contributed by atoms with Crippen molar-refractivity contribution in [2.24, 2.45) is 0 Å². The number of hydrogen-bond acceptors (Lipinski definition) is 3. The third kappa shape index (κ3) is 2.12. The Bertz CT molecular complexity index is 288. The van der Waals surface area contributed by atoms with Crippen molar-refractivity contribution in [3.63, 3.8) is 0 Å². The summed E-state index contributed by atoms with van der Waals surface area (Å²) in [6, 6.07) is 6.46. The molecule has 0 radical (unpaired) electrons. The van der Waals surface area contributed by atoms with Gasteiger partial charge < -0.3 is 5.11 Å². The number of para-hydroxylation sites is 1. The molecule has 1 aromatic rings. The fourth-order valence-electron chi connectivity index (χ4n) is 0.810. The van der Waals surface area contributed by atoms with E-state index in [0.29, 0.717) is 5.56 Å². The lowest BCUT2D eigenvalue weighted by molar-refractivity contribution is -0.546. The van der Waals surface area contributed by atoms with Gasteiger partial charge in [-0.15, -0.1) is 5.43 Å². The second-order valence-corrected chi connectivity index (χ2v) is 2.22. The zero-order chi connectivity index (χ0) is 8.97. The van der Waals surface area contributed by atoms with Crippen molar-refractivity contribution < 1.29 is 10.1 Å². The van der Waals surface area contributed by atoms with Crippen LogP contribution in [0.2, 0.25) is 0 Å². The highest BCUT2D eigenvalue weighted by Crippen LogP contribution is 2.14. The lowest BCUT2D eigenvalue weighted by Gasteiger charge is -2.00. The molecule has 5 nitrogen and oxygen atoms in total. The normalized spacial score (nSPS) is 9.33. The summed E-state index contributed by atoms with van der Waals surface area (Å²) in [4.78, 5) is 9.90. The van der Waals surface area contributed by atoms with Crippen molar-refractivity contribution in [1.29, 1.82) is 0 Å². The van der Waals surface area contributed by atoms with Crippen molar-refractivity contribution in [2.45, 2.75) is 6.54 Å². The Labute approximate surface area is 68.8 Å². The molecule has 1 aromatic carbocycles. The van der Waals surface area contributed by atoms with E-state index in [-0.39, 0.29) is 12.3 Å². The van der Waals surface area contributed by atoms with Crippen LogP contribution < -0.4 is 5.43 Å². The minimum absolute atomic E-state index is 0.0275. The second kappa shape index (κ2) is 3.56. The maximum atomic E-state index is 9.90. The van der Waals surface area contributed by atoms with Gasteiger partial charge in [-0.3, -0.25) is 0 Å². The van der Waals surface area contributed by atoms with Crippen LogP contribution in [0.25, 0.3) is 0 Å². The average Bonchev–Trinajstić information content (AvgIpc) is 2.03. The SMILES string of the molecule is O=[N+]([O-])NCc1ccccc1O. The average molecular weight is 168 g/mol. The van der Waals surface area contributed by atoms with Gasteiger partial charge >= 0.3 is 0 Å². The molecule has 0 unspecified atom stereocenters. The molecule has 0 aromatic heterocycles. The molecule has 0 saturated carbocycles. The topological polar surface area (TPSA) is 75.4 Å². The minimum Gasteiger partial charge on any atom is -0.508 e. The predicted molar refractivity (Wildman–Crippen MR) is 41.9 cm³/mol. The molecule has 0 atom stereocenters. The zero-order valence-electron chi connectivity index (χ0n) is 6.23. The molecular weight excluding hydrogens is 160 g/mol. The van der Waals surface area contributed by atoms with Gasteiger partial charge in [0, 0.05) is 5.56 Å². The molecule has 0 fully saturated rings. The van der Waals surface area contributed by atoms with E-state index < -0.39 is 5.03 Å². The molecule has 0 bridgehead atoms. The lowest BCUT2D eigenvalue weighted by atomic mass is 10.2. The summed E-state index contributed by atoms with van der Waals surface area (Å²) in [7, 11) is 0. The molecule has 0 spiro atoms. The van der Waals surface area contributed by atoms with E-state index in [1.165, 1.54) is 6.07 Å². The van der Waals surface area contributed by atoms with Crippen LogP contribution in [-0.4, -0.2) is 10.1 Å². The van der Waals surface area contributed by atoms with Crippen LogP contribution in [0.3, 0.4) is 0 Å². The summed E-state index contributed by atoms with van der Waals surface area (Å²) < 4.78 is 0. The fourth-order valence-corrected chi connectivity index (χ4v) is 0.810. The molecule has 12 heavy (non-hydrogen) atoms. The number of aromatic hydroxyl groups is 1. The highest BCUT2D eigenvalue weighted by molar-refractivity contribution is 5.31. The Kier molecular flexibility index (Phi) is 2.47. The molecular formula is C7H8N2O3. The van der Waals surface area contributed by atoms with E-state index >= 15 is 0 Å². The summed E-state index contributed by atoms with van der Waals surface area (Å²) in [5.41, 5.74) is 2.47. The monoisotopic (exact) mass is 168 g/mol. The van der Waals surface area contributed by atoms with E-state index in [4.69, 9.17) is 5.11 Å². The molecule has 2 N–H and O–H groups in total. The van der Waals surface area contributed by atoms with E-state index in [2.05, 4.69) is 0 Å². The maximum Gasteiger partial charge on any atom is 0.157 e. The van der Waals surface area contributed by atoms with Crippen LogP contribution >= 0.6 is 0 Å². The van der Waals surface area contributed by atoms with Crippen molar-refractivity contribution >= 4 is 0 Å². The van der Waals surface area contributed by atoms with Crippen LogP contribution in [0.1, 0.15) is 5.56 Å². The van der Waals surface area contributed by atoms with Gasteiger partial charge in [-0.1, -0.05) is 18.2 Å². The highest BCUT2D eigenvalue weighted by atomic mass is 16.7. The molecule has 1 rings (SSSR count). The molecule has 0 amide bonds. The van der Waals surface area contributed by atoms with E-state index in [1.807, 2.05) is 5.43 Å². The smallest absolute Gasteiger partial charge is 0.157 e. The first-order valence-corrected chi connectivity index (χ1v) is 3.35.